The van der Waals surface area contributed by atoms with E-state index >= 15 is 0 Å². The average molecular weight is 278 g/mol. The molecule has 0 aliphatic carbocycles. The molecule has 0 radical (unpaired) electrons. The molecule has 0 aromatic heterocycles. The number of amides is 2. The number of aliphatic carboxylic acids is 1. The lowest BCUT2D eigenvalue weighted by atomic mass is 10.0. The molecule has 0 bridgehead atoms. The lowest BCUT2D eigenvalue weighted by molar-refractivity contribution is -0.142. The first kappa shape index (κ1) is 14.3. The molecule has 1 heterocycles. The first-order valence-corrected chi connectivity index (χ1v) is 6.40. The van der Waals surface area contributed by atoms with Crippen molar-refractivity contribution in [1.82, 2.24) is 4.90 Å². The van der Waals surface area contributed by atoms with Gasteiger partial charge in [0.15, 0.2) is 0 Å². The number of nitrogens with one attached hydrogen (secondary N) is 1. The van der Waals surface area contributed by atoms with E-state index < -0.39 is 17.9 Å². The molecular formula is C14H18N2O4. The Balaban J connectivity index is 2.01. The number of nitrogens with zero attached hydrogens (tertiary/aromatic N) is 1. The summed E-state index contributed by atoms with van der Waals surface area (Å²) in [4.78, 5) is 24.6. The van der Waals surface area contributed by atoms with Crippen LogP contribution in [0.3, 0.4) is 0 Å². The van der Waals surface area contributed by atoms with Crippen LogP contribution >= 0.6 is 0 Å². The predicted octanol–water partition coefficient (Wildman–Crippen LogP) is 1.56. The van der Waals surface area contributed by atoms with Crippen molar-refractivity contribution in [3.05, 3.63) is 29.8 Å². The Morgan fingerprint density at radius 1 is 1.30 bits per heavy atom. The van der Waals surface area contributed by atoms with E-state index in [4.69, 9.17) is 9.84 Å². The van der Waals surface area contributed by atoms with Gasteiger partial charge in [-0.2, -0.15) is 0 Å². The van der Waals surface area contributed by atoms with E-state index in [1.165, 1.54) is 4.90 Å². The summed E-state index contributed by atoms with van der Waals surface area (Å²) in [6.07, 6.45) is 0. The molecule has 2 rings (SSSR count). The maximum atomic E-state index is 12.1. The molecule has 0 spiro atoms. The Kier molecular flexibility index (Phi) is 4.24. The maximum Gasteiger partial charge on any atom is 0.321 e. The molecule has 2 amide bonds. The van der Waals surface area contributed by atoms with E-state index in [1.807, 2.05) is 19.1 Å². The summed E-state index contributed by atoms with van der Waals surface area (Å²) in [5.41, 5.74) is 1.78. The van der Waals surface area contributed by atoms with Crippen molar-refractivity contribution in [2.75, 3.05) is 25.6 Å². The summed E-state index contributed by atoms with van der Waals surface area (Å²) in [6.45, 7) is 2.35. The van der Waals surface area contributed by atoms with E-state index in [-0.39, 0.29) is 19.2 Å². The number of carbonyl (C=O) groups excluding carboxylic acids is 1. The van der Waals surface area contributed by atoms with Crippen molar-refractivity contribution in [3.63, 3.8) is 0 Å². The second-order valence-electron chi connectivity index (χ2n) is 4.96. The summed E-state index contributed by atoms with van der Waals surface area (Å²) in [5.74, 6) is -1.62. The molecule has 1 aliphatic rings. The van der Waals surface area contributed by atoms with E-state index in [0.717, 1.165) is 5.56 Å². The van der Waals surface area contributed by atoms with Gasteiger partial charge in [-0.3, -0.25) is 4.79 Å². The van der Waals surface area contributed by atoms with Gasteiger partial charge in [-0.05, 0) is 19.1 Å². The number of ether oxygens (including phenoxy) is 1. The maximum absolute atomic E-state index is 12.1. The number of likely N-dealkylation sites (N-methyl/N-ethyl adjacent to an activating group) is 1. The number of benzene rings is 1. The zero-order valence-electron chi connectivity index (χ0n) is 11.5. The summed E-state index contributed by atoms with van der Waals surface area (Å²) >= 11 is 0. The van der Waals surface area contributed by atoms with E-state index in [1.54, 1.807) is 19.2 Å². The number of hydrogen-bond donors (Lipinski definition) is 2. The number of urea groups is 1. The fraction of sp³-hybridized carbons (Fsp3) is 0.429. The lowest BCUT2D eigenvalue weighted by Crippen LogP contribution is -2.45. The Labute approximate surface area is 117 Å². The highest BCUT2D eigenvalue weighted by Gasteiger charge is 2.38. The van der Waals surface area contributed by atoms with Crippen molar-refractivity contribution >= 4 is 17.7 Å². The summed E-state index contributed by atoms with van der Waals surface area (Å²) in [7, 11) is 1.58. The average Bonchev–Trinajstić information content (AvgIpc) is 2.90. The number of aryl methyl sites for hydroxylation is 1. The van der Waals surface area contributed by atoms with Crippen molar-refractivity contribution in [2.45, 2.75) is 13.0 Å². The number of carbonyl (C=O) groups is 2. The summed E-state index contributed by atoms with van der Waals surface area (Å²) < 4.78 is 5.17. The highest BCUT2D eigenvalue weighted by atomic mass is 16.5. The lowest BCUT2D eigenvalue weighted by Gasteiger charge is -2.26. The summed E-state index contributed by atoms with van der Waals surface area (Å²) in [5, 5.41) is 11.8. The standard InChI is InChI=1S/C14H18N2O4/c1-9-3-5-10(6-4-9)15-14(19)16(2)12-8-20-7-11(12)13(17)18/h3-6,11-12H,7-8H2,1-2H3,(H,15,19)(H,17,18). The molecule has 1 aromatic rings. The molecule has 20 heavy (non-hydrogen) atoms. The van der Waals surface area contributed by atoms with Crippen molar-refractivity contribution in [3.8, 4) is 0 Å². The Hall–Kier alpha value is -2.08. The Bertz CT molecular complexity index is 500. The number of anilines is 1. The Morgan fingerprint density at radius 3 is 2.55 bits per heavy atom. The van der Waals surface area contributed by atoms with Gasteiger partial charge in [-0.1, -0.05) is 17.7 Å². The van der Waals surface area contributed by atoms with Gasteiger partial charge in [-0.15, -0.1) is 0 Å². The minimum absolute atomic E-state index is 0.141. The minimum atomic E-state index is -0.942. The van der Waals surface area contributed by atoms with E-state index in [9.17, 15) is 9.59 Å². The van der Waals surface area contributed by atoms with Gasteiger partial charge in [0.25, 0.3) is 0 Å². The van der Waals surface area contributed by atoms with Gasteiger partial charge in [-0.25, -0.2) is 4.79 Å². The molecule has 2 N–H and O–H groups in total. The molecule has 1 fully saturated rings. The van der Waals surface area contributed by atoms with Crippen LogP contribution in [0.1, 0.15) is 5.56 Å². The van der Waals surface area contributed by atoms with Crippen LogP contribution in [0.4, 0.5) is 10.5 Å². The van der Waals surface area contributed by atoms with Crippen LogP contribution in [0.25, 0.3) is 0 Å². The normalized spacial score (nSPS) is 21.5. The SMILES string of the molecule is Cc1ccc(NC(=O)N(C)C2COCC2C(=O)O)cc1. The summed E-state index contributed by atoms with van der Waals surface area (Å²) in [6, 6.07) is 6.62. The molecule has 2 atom stereocenters. The first-order valence-electron chi connectivity index (χ1n) is 6.40. The predicted molar refractivity (Wildman–Crippen MR) is 73.7 cm³/mol. The van der Waals surface area contributed by atoms with Crippen molar-refractivity contribution in [1.29, 1.82) is 0 Å². The number of carboxylic acids is 1. The van der Waals surface area contributed by atoms with Crippen LogP contribution < -0.4 is 5.32 Å². The molecular weight excluding hydrogens is 260 g/mol. The van der Waals surface area contributed by atoms with Crippen molar-refractivity contribution in [2.24, 2.45) is 5.92 Å². The number of carboxylic acid groups (broad SMARTS) is 1. The molecule has 1 aliphatic heterocycles. The van der Waals surface area contributed by atoms with Crippen LogP contribution in [-0.2, 0) is 9.53 Å². The molecule has 1 aromatic carbocycles. The smallest absolute Gasteiger partial charge is 0.321 e. The van der Waals surface area contributed by atoms with Gasteiger partial charge >= 0.3 is 12.0 Å². The molecule has 2 unspecified atom stereocenters. The van der Waals surface area contributed by atoms with Crippen LogP contribution in [0.15, 0.2) is 24.3 Å². The van der Waals surface area contributed by atoms with Gasteiger partial charge < -0.3 is 20.1 Å². The molecule has 1 saturated heterocycles. The molecule has 108 valence electrons. The van der Waals surface area contributed by atoms with Crippen molar-refractivity contribution < 1.29 is 19.4 Å². The molecule has 6 heteroatoms. The van der Waals surface area contributed by atoms with E-state index in [2.05, 4.69) is 5.32 Å². The quantitative estimate of drug-likeness (QED) is 0.879. The minimum Gasteiger partial charge on any atom is -0.481 e. The second kappa shape index (κ2) is 5.92. The zero-order valence-corrected chi connectivity index (χ0v) is 11.5. The van der Waals surface area contributed by atoms with Gasteiger partial charge in [0.05, 0.1) is 19.3 Å². The third-order valence-corrected chi connectivity index (χ3v) is 3.49. The molecule has 0 saturated carbocycles. The third kappa shape index (κ3) is 3.08. The highest BCUT2D eigenvalue weighted by Crippen LogP contribution is 2.20. The van der Waals surface area contributed by atoms with Gasteiger partial charge in [0.1, 0.15) is 5.92 Å². The largest absolute Gasteiger partial charge is 0.481 e. The highest BCUT2D eigenvalue weighted by molar-refractivity contribution is 5.89. The fourth-order valence-electron chi connectivity index (χ4n) is 2.16. The van der Waals surface area contributed by atoms with Crippen LogP contribution in [-0.4, -0.2) is 48.3 Å². The number of hydrogen-bond acceptors (Lipinski definition) is 3. The van der Waals surface area contributed by atoms with Gasteiger partial charge in [0.2, 0.25) is 0 Å². The third-order valence-electron chi connectivity index (χ3n) is 3.49. The van der Waals surface area contributed by atoms with E-state index in [0.29, 0.717) is 5.69 Å². The number of rotatable bonds is 3. The monoisotopic (exact) mass is 278 g/mol. The molecule has 6 nitrogen and oxygen atoms in total. The first-order chi connectivity index (χ1) is 9.49. The van der Waals surface area contributed by atoms with Gasteiger partial charge in [0, 0.05) is 12.7 Å². The Morgan fingerprint density at radius 2 is 1.95 bits per heavy atom. The zero-order chi connectivity index (χ0) is 14.7. The van der Waals surface area contributed by atoms with Crippen LogP contribution in [0.5, 0.6) is 0 Å². The van der Waals surface area contributed by atoms with Crippen LogP contribution in [0.2, 0.25) is 0 Å². The van der Waals surface area contributed by atoms with Crippen LogP contribution in [0, 0.1) is 12.8 Å². The topological polar surface area (TPSA) is 78.9 Å². The second-order valence-corrected chi connectivity index (χ2v) is 4.96. The fourth-order valence-corrected chi connectivity index (χ4v) is 2.16.